The summed E-state index contributed by atoms with van der Waals surface area (Å²) in [5.74, 6) is -3.06. The summed E-state index contributed by atoms with van der Waals surface area (Å²) in [5.41, 5.74) is 0.250. The summed E-state index contributed by atoms with van der Waals surface area (Å²) in [6.45, 7) is 2.28. The molecule has 31 heavy (non-hydrogen) atoms. The van der Waals surface area contributed by atoms with Crippen molar-refractivity contribution >= 4 is 17.7 Å². The van der Waals surface area contributed by atoms with Crippen molar-refractivity contribution in [2.75, 3.05) is 36.5 Å². The first-order valence-corrected chi connectivity index (χ1v) is 10.1. The van der Waals surface area contributed by atoms with E-state index in [1.165, 1.54) is 24.3 Å². The number of piperidine rings is 1. The zero-order valence-corrected chi connectivity index (χ0v) is 16.6. The van der Waals surface area contributed by atoms with Crippen LogP contribution in [-0.2, 0) is 14.3 Å². The first-order valence-electron chi connectivity index (χ1n) is 10.1. The van der Waals surface area contributed by atoms with Crippen molar-refractivity contribution < 1.29 is 18.7 Å². The molecule has 1 spiro atoms. The summed E-state index contributed by atoms with van der Waals surface area (Å²) < 4.78 is 24.9. The number of hydrogen-bond acceptors (Lipinski definition) is 7. The summed E-state index contributed by atoms with van der Waals surface area (Å²) >= 11 is 0. The van der Waals surface area contributed by atoms with Crippen LogP contribution in [0.3, 0.4) is 0 Å². The lowest BCUT2D eigenvalue weighted by Gasteiger charge is -2.38. The average Bonchev–Trinajstić information content (AvgIpc) is 3.21. The van der Waals surface area contributed by atoms with E-state index in [1.54, 1.807) is 0 Å². The van der Waals surface area contributed by atoms with Gasteiger partial charge in [0.1, 0.15) is 17.6 Å². The normalized spacial score (nSPS) is 24.5. The summed E-state index contributed by atoms with van der Waals surface area (Å²) in [6, 6.07) is 7.40. The number of hydrogen-bond donors (Lipinski definition) is 2. The van der Waals surface area contributed by atoms with Gasteiger partial charge in [-0.1, -0.05) is 12.1 Å². The molecule has 2 aromatic rings. The third-order valence-corrected chi connectivity index (χ3v) is 6.12. The Morgan fingerprint density at radius 3 is 2.48 bits per heavy atom. The number of aromatic nitrogens is 2. The van der Waals surface area contributed by atoms with Crippen LogP contribution in [0.25, 0.3) is 0 Å². The maximum atomic E-state index is 13.4. The van der Waals surface area contributed by atoms with Gasteiger partial charge in [0.25, 0.3) is 5.56 Å². The third kappa shape index (κ3) is 3.36. The number of anilines is 2. The number of carbonyl (C=O) groups excluding carboxylic acids is 1. The molecule has 2 atom stereocenters. The van der Waals surface area contributed by atoms with Gasteiger partial charge in [0.05, 0.1) is 24.8 Å². The van der Waals surface area contributed by atoms with E-state index in [1.807, 2.05) is 11.0 Å². The number of nitrogens with one attached hydrogen (secondary N) is 2. The minimum Gasteiger partial charge on any atom is -0.347 e. The van der Waals surface area contributed by atoms with Crippen LogP contribution in [0.1, 0.15) is 29.9 Å². The van der Waals surface area contributed by atoms with Gasteiger partial charge in [-0.05, 0) is 17.7 Å². The lowest BCUT2D eigenvalue weighted by molar-refractivity contribution is -0.169. The maximum Gasteiger partial charge on any atom is 0.258 e. The quantitative estimate of drug-likeness (QED) is 0.748. The summed E-state index contributed by atoms with van der Waals surface area (Å²) in [4.78, 5) is 34.9. The Morgan fingerprint density at radius 2 is 1.84 bits per heavy atom. The number of ether oxygens (including phenoxy) is 2. The molecule has 3 aliphatic rings. The van der Waals surface area contributed by atoms with Gasteiger partial charge in [0, 0.05) is 31.8 Å². The fraction of sp³-hybridized carbons (Fsp3) is 0.429. The van der Waals surface area contributed by atoms with Crippen molar-refractivity contribution in [3.8, 4) is 6.07 Å². The number of nitriles is 1. The van der Waals surface area contributed by atoms with E-state index in [2.05, 4.69) is 15.3 Å². The number of rotatable bonds is 2. The maximum absolute atomic E-state index is 13.4. The zero-order valence-electron chi connectivity index (χ0n) is 16.6. The number of aromatic amines is 1. The molecule has 160 valence electrons. The van der Waals surface area contributed by atoms with E-state index in [0.29, 0.717) is 50.7 Å². The number of amides is 1. The molecule has 2 unspecified atom stereocenters. The van der Waals surface area contributed by atoms with Crippen LogP contribution in [0, 0.1) is 23.1 Å². The summed E-state index contributed by atoms with van der Waals surface area (Å²) in [7, 11) is 0. The van der Waals surface area contributed by atoms with E-state index in [9.17, 15) is 19.2 Å². The van der Waals surface area contributed by atoms with Crippen molar-refractivity contribution in [2.24, 2.45) is 5.92 Å². The van der Waals surface area contributed by atoms with Crippen molar-refractivity contribution in [3.63, 3.8) is 0 Å². The van der Waals surface area contributed by atoms with Crippen molar-refractivity contribution in [2.45, 2.75) is 24.5 Å². The van der Waals surface area contributed by atoms with Gasteiger partial charge in [-0.25, -0.2) is 4.39 Å². The topological polar surface area (TPSA) is 120 Å². The predicted molar refractivity (Wildman–Crippen MR) is 107 cm³/mol. The SMILES string of the molecule is N#CC1C(=O)Nc2nc(N3CCC4(CC3)OCCO4)[nH]c(=O)c2C1c1ccc(F)cc1. The molecule has 10 heteroatoms. The van der Waals surface area contributed by atoms with E-state index >= 15 is 0 Å². The highest BCUT2D eigenvalue weighted by molar-refractivity contribution is 5.97. The summed E-state index contributed by atoms with van der Waals surface area (Å²) in [6.07, 6.45) is 1.27. The smallest absolute Gasteiger partial charge is 0.258 e. The number of carbonyl (C=O) groups is 1. The highest BCUT2D eigenvalue weighted by Gasteiger charge is 2.42. The van der Waals surface area contributed by atoms with Crippen LogP contribution in [0.4, 0.5) is 16.2 Å². The van der Waals surface area contributed by atoms with Gasteiger partial charge in [0.15, 0.2) is 5.79 Å². The minimum absolute atomic E-state index is 0.123. The second-order valence-corrected chi connectivity index (χ2v) is 7.87. The third-order valence-electron chi connectivity index (χ3n) is 6.12. The van der Waals surface area contributed by atoms with Crippen LogP contribution < -0.4 is 15.8 Å². The first-order chi connectivity index (χ1) is 15.0. The second kappa shape index (κ2) is 7.44. The van der Waals surface area contributed by atoms with E-state index in [4.69, 9.17) is 9.47 Å². The Hall–Kier alpha value is -3.29. The Bertz CT molecular complexity index is 1110. The van der Waals surface area contributed by atoms with Crippen LogP contribution in [0.5, 0.6) is 0 Å². The average molecular weight is 425 g/mol. The fourth-order valence-electron chi connectivity index (χ4n) is 4.52. The molecule has 0 aliphatic carbocycles. The van der Waals surface area contributed by atoms with Crippen molar-refractivity contribution in [3.05, 3.63) is 51.6 Å². The molecule has 2 fully saturated rings. The van der Waals surface area contributed by atoms with Crippen molar-refractivity contribution in [1.82, 2.24) is 9.97 Å². The number of H-pyrrole nitrogens is 1. The lowest BCUT2D eigenvalue weighted by atomic mass is 9.79. The Kier molecular flexibility index (Phi) is 4.72. The largest absolute Gasteiger partial charge is 0.347 e. The second-order valence-electron chi connectivity index (χ2n) is 7.87. The molecular weight excluding hydrogens is 405 g/mol. The molecule has 3 aliphatic heterocycles. The standard InChI is InChI=1S/C21H20FN5O4/c22-13-3-1-12(2-4-13)15-14(11-23)18(28)24-17-16(15)19(29)26-20(25-17)27-7-5-21(6-8-27)30-9-10-31-21/h1-4,14-15H,5-10H2,(H2,24,25,26,28,29). The van der Waals surface area contributed by atoms with Gasteiger partial charge in [-0.3, -0.25) is 14.6 Å². The van der Waals surface area contributed by atoms with Crippen molar-refractivity contribution in [1.29, 1.82) is 5.26 Å². The first kappa shape index (κ1) is 19.7. The molecule has 2 saturated heterocycles. The molecule has 0 radical (unpaired) electrons. The van der Waals surface area contributed by atoms with Gasteiger partial charge in [-0.2, -0.15) is 10.2 Å². The monoisotopic (exact) mass is 425 g/mol. The van der Waals surface area contributed by atoms with Crippen LogP contribution in [0.15, 0.2) is 29.1 Å². The Balaban J connectivity index is 1.50. The lowest BCUT2D eigenvalue weighted by Crippen LogP contribution is -2.46. The van der Waals surface area contributed by atoms with E-state index in [-0.39, 0.29) is 11.4 Å². The van der Waals surface area contributed by atoms with E-state index < -0.39 is 34.9 Å². The molecule has 0 saturated carbocycles. The van der Waals surface area contributed by atoms with Crippen LogP contribution in [-0.4, -0.2) is 48.0 Å². The van der Waals surface area contributed by atoms with Gasteiger partial charge in [-0.15, -0.1) is 0 Å². The molecule has 0 bridgehead atoms. The molecule has 1 amide bonds. The fourth-order valence-corrected chi connectivity index (χ4v) is 4.52. The van der Waals surface area contributed by atoms with Crippen LogP contribution >= 0.6 is 0 Å². The van der Waals surface area contributed by atoms with Gasteiger partial charge < -0.3 is 19.7 Å². The van der Waals surface area contributed by atoms with Gasteiger partial charge in [0.2, 0.25) is 11.9 Å². The number of benzene rings is 1. The molecule has 9 nitrogen and oxygen atoms in total. The molecule has 5 rings (SSSR count). The Labute approximate surface area is 176 Å². The summed E-state index contributed by atoms with van der Waals surface area (Å²) in [5, 5.41) is 12.2. The number of fused-ring (bicyclic) bond motifs is 1. The molecular formula is C21H20FN5O4. The number of nitrogens with zero attached hydrogens (tertiary/aromatic N) is 3. The molecule has 4 heterocycles. The highest BCUT2D eigenvalue weighted by atomic mass is 19.1. The highest BCUT2D eigenvalue weighted by Crippen LogP contribution is 2.39. The number of halogens is 1. The Morgan fingerprint density at radius 1 is 1.16 bits per heavy atom. The van der Waals surface area contributed by atoms with E-state index in [0.717, 1.165) is 0 Å². The zero-order chi connectivity index (χ0) is 21.6. The van der Waals surface area contributed by atoms with Gasteiger partial charge >= 0.3 is 0 Å². The molecule has 2 N–H and O–H groups in total. The minimum atomic E-state index is -1.13. The van der Waals surface area contributed by atoms with Crippen LogP contribution in [0.2, 0.25) is 0 Å². The molecule has 1 aromatic heterocycles. The predicted octanol–water partition coefficient (Wildman–Crippen LogP) is 1.48. The molecule has 1 aromatic carbocycles.